The van der Waals surface area contributed by atoms with Crippen LogP contribution < -0.4 is 15.4 Å². The third-order valence-corrected chi connectivity index (χ3v) is 3.68. The lowest BCUT2D eigenvalue weighted by atomic mass is 10.1. The number of benzene rings is 2. The Kier molecular flexibility index (Phi) is 9.66. The zero-order chi connectivity index (χ0) is 17.2. The minimum Gasteiger partial charge on any atom is -0.489 e. The van der Waals surface area contributed by atoms with Gasteiger partial charge in [0.15, 0.2) is 0 Å². The summed E-state index contributed by atoms with van der Waals surface area (Å²) in [4.78, 5) is 11.9. The first-order chi connectivity index (χ1) is 11.7. The highest BCUT2D eigenvalue weighted by Gasteiger charge is 2.04. The van der Waals surface area contributed by atoms with Crippen LogP contribution in [0.4, 0.5) is 0 Å². The number of ether oxygens (including phenoxy) is 1. The second-order valence-electron chi connectivity index (χ2n) is 5.91. The van der Waals surface area contributed by atoms with Gasteiger partial charge < -0.3 is 15.4 Å². The van der Waals surface area contributed by atoms with E-state index < -0.39 is 0 Å². The lowest BCUT2D eigenvalue weighted by Crippen LogP contribution is -2.27. The third-order valence-electron chi connectivity index (χ3n) is 3.68. The minimum atomic E-state index is 0. The average molecular weight is 363 g/mol. The summed E-state index contributed by atoms with van der Waals surface area (Å²) in [5, 5.41) is 5.99. The van der Waals surface area contributed by atoms with Gasteiger partial charge in [0.1, 0.15) is 12.4 Å². The molecule has 2 aromatic rings. The van der Waals surface area contributed by atoms with Gasteiger partial charge in [-0.25, -0.2) is 0 Å². The number of amides is 1. The quantitative estimate of drug-likeness (QED) is 0.673. The van der Waals surface area contributed by atoms with Crippen LogP contribution in [0, 0.1) is 6.92 Å². The molecule has 0 unspecified atom stereocenters. The number of halogens is 1. The Balaban J connectivity index is 0.00000312. The van der Waals surface area contributed by atoms with Crippen molar-refractivity contribution >= 4 is 18.3 Å². The first-order valence-electron chi connectivity index (χ1n) is 8.36. The number of hydrogen-bond donors (Lipinski definition) is 2. The summed E-state index contributed by atoms with van der Waals surface area (Å²) < 4.78 is 5.84. The number of hydrogen-bond acceptors (Lipinski definition) is 3. The Morgan fingerprint density at radius 2 is 1.80 bits per heavy atom. The zero-order valence-corrected chi connectivity index (χ0v) is 15.7. The Morgan fingerprint density at radius 1 is 1.04 bits per heavy atom. The summed E-state index contributed by atoms with van der Waals surface area (Å²) in [5.74, 6) is 0.832. The van der Waals surface area contributed by atoms with Crippen LogP contribution in [0.1, 0.15) is 23.1 Å². The summed E-state index contributed by atoms with van der Waals surface area (Å²) in [6.45, 7) is 4.20. The van der Waals surface area contributed by atoms with Gasteiger partial charge in [-0.15, -0.1) is 12.4 Å². The van der Waals surface area contributed by atoms with Gasteiger partial charge in [0.05, 0.1) is 6.42 Å². The summed E-state index contributed by atoms with van der Waals surface area (Å²) in [6.07, 6.45) is 1.31. The van der Waals surface area contributed by atoms with E-state index in [-0.39, 0.29) is 18.3 Å². The largest absolute Gasteiger partial charge is 0.489 e. The Bertz CT molecular complexity index is 662. The number of aryl methyl sites for hydroxylation is 1. The van der Waals surface area contributed by atoms with Crippen LogP contribution in [-0.4, -0.2) is 26.0 Å². The van der Waals surface area contributed by atoms with Gasteiger partial charge in [-0.3, -0.25) is 4.79 Å². The molecule has 25 heavy (non-hydrogen) atoms. The molecule has 0 spiro atoms. The van der Waals surface area contributed by atoms with Crippen molar-refractivity contribution in [3.63, 3.8) is 0 Å². The first kappa shape index (κ1) is 21.0. The van der Waals surface area contributed by atoms with Crippen molar-refractivity contribution in [1.29, 1.82) is 0 Å². The first-order valence-corrected chi connectivity index (χ1v) is 8.36. The molecular formula is C20H27ClN2O2. The molecule has 0 bridgehead atoms. The van der Waals surface area contributed by atoms with Crippen molar-refractivity contribution in [2.24, 2.45) is 0 Å². The van der Waals surface area contributed by atoms with Crippen molar-refractivity contribution < 1.29 is 9.53 Å². The minimum absolute atomic E-state index is 0. The molecule has 0 aliphatic rings. The van der Waals surface area contributed by atoms with E-state index >= 15 is 0 Å². The van der Waals surface area contributed by atoms with E-state index in [2.05, 4.69) is 35.8 Å². The van der Waals surface area contributed by atoms with Gasteiger partial charge in [-0.05, 0) is 50.2 Å². The lowest BCUT2D eigenvalue weighted by Gasteiger charge is -2.09. The summed E-state index contributed by atoms with van der Waals surface area (Å²) in [6, 6.07) is 16.0. The van der Waals surface area contributed by atoms with Crippen LogP contribution >= 0.6 is 12.4 Å². The average Bonchev–Trinajstić information content (AvgIpc) is 2.57. The molecule has 0 fully saturated rings. The molecule has 136 valence electrons. The van der Waals surface area contributed by atoms with Crippen molar-refractivity contribution in [2.45, 2.75) is 26.4 Å². The van der Waals surface area contributed by atoms with Crippen LogP contribution in [0.3, 0.4) is 0 Å². The molecule has 0 saturated carbocycles. The highest BCUT2D eigenvalue weighted by Crippen LogP contribution is 2.16. The molecule has 0 radical (unpaired) electrons. The number of rotatable bonds is 9. The molecule has 2 N–H and O–H groups in total. The molecule has 2 rings (SSSR count). The fraction of sp³-hybridized carbons (Fsp3) is 0.350. The maximum Gasteiger partial charge on any atom is 0.224 e. The highest BCUT2D eigenvalue weighted by molar-refractivity contribution is 5.85. The van der Waals surface area contributed by atoms with E-state index in [1.54, 1.807) is 0 Å². The van der Waals surface area contributed by atoms with Gasteiger partial charge in [0.25, 0.3) is 0 Å². The number of carbonyl (C=O) groups excluding carboxylic acids is 1. The SMILES string of the molecule is CNCCCNC(=O)Cc1cccc(OCc2cccc(C)c2)c1.Cl. The van der Waals surface area contributed by atoms with Gasteiger partial charge in [-0.1, -0.05) is 42.0 Å². The van der Waals surface area contributed by atoms with Crippen molar-refractivity contribution in [3.8, 4) is 5.75 Å². The lowest BCUT2D eigenvalue weighted by molar-refractivity contribution is -0.120. The summed E-state index contributed by atoms with van der Waals surface area (Å²) in [5.41, 5.74) is 3.32. The molecular weight excluding hydrogens is 336 g/mol. The van der Waals surface area contributed by atoms with E-state index in [1.807, 2.05) is 37.4 Å². The molecule has 2 aromatic carbocycles. The van der Waals surface area contributed by atoms with Crippen molar-refractivity contribution in [3.05, 3.63) is 65.2 Å². The Morgan fingerprint density at radius 3 is 2.56 bits per heavy atom. The molecule has 0 atom stereocenters. The maximum atomic E-state index is 11.9. The number of nitrogens with one attached hydrogen (secondary N) is 2. The van der Waals surface area contributed by atoms with Crippen LogP contribution in [0.15, 0.2) is 48.5 Å². The molecule has 0 aliphatic carbocycles. The number of carbonyl (C=O) groups is 1. The summed E-state index contributed by atoms with van der Waals surface area (Å²) in [7, 11) is 1.91. The van der Waals surface area contributed by atoms with Crippen LogP contribution in [0.2, 0.25) is 0 Å². The standard InChI is InChI=1S/C20H26N2O2.ClH/c1-16-6-3-8-18(12-16)15-24-19-9-4-7-17(13-19)14-20(23)22-11-5-10-21-2;/h3-4,6-9,12-13,21H,5,10-11,14-15H2,1-2H3,(H,22,23);1H. The molecule has 4 nitrogen and oxygen atoms in total. The Hall–Kier alpha value is -2.04. The van der Waals surface area contributed by atoms with Gasteiger partial charge in [0, 0.05) is 6.54 Å². The Labute approximate surface area is 156 Å². The van der Waals surface area contributed by atoms with Crippen LogP contribution in [0.5, 0.6) is 5.75 Å². The van der Waals surface area contributed by atoms with E-state index in [4.69, 9.17) is 4.74 Å². The maximum absolute atomic E-state index is 11.9. The summed E-state index contributed by atoms with van der Waals surface area (Å²) >= 11 is 0. The molecule has 0 aliphatic heterocycles. The molecule has 0 aromatic heterocycles. The van der Waals surface area contributed by atoms with Crippen LogP contribution in [0.25, 0.3) is 0 Å². The predicted octanol–water partition coefficient (Wildman–Crippen LogP) is 3.26. The van der Waals surface area contributed by atoms with E-state index in [1.165, 1.54) is 5.56 Å². The fourth-order valence-electron chi connectivity index (χ4n) is 2.45. The molecule has 0 saturated heterocycles. The van der Waals surface area contributed by atoms with Gasteiger partial charge in [0.2, 0.25) is 5.91 Å². The van der Waals surface area contributed by atoms with E-state index in [0.717, 1.165) is 29.8 Å². The normalized spacial score (nSPS) is 10.0. The monoisotopic (exact) mass is 362 g/mol. The molecule has 0 heterocycles. The zero-order valence-electron chi connectivity index (χ0n) is 14.9. The second-order valence-corrected chi connectivity index (χ2v) is 5.91. The van der Waals surface area contributed by atoms with Crippen LogP contribution in [-0.2, 0) is 17.8 Å². The predicted molar refractivity (Wildman–Crippen MR) is 104 cm³/mol. The molecule has 5 heteroatoms. The highest BCUT2D eigenvalue weighted by atomic mass is 35.5. The van der Waals surface area contributed by atoms with Gasteiger partial charge in [-0.2, -0.15) is 0 Å². The fourth-order valence-corrected chi connectivity index (χ4v) is 2.45. The smallest absolute Gasteiger partial charge is 0.224 e. The van der Waals surface area contributed by atoms with Gasteiger partial charge >= 0.3 is 0 Å². The second kappa shape index (κ2) is 11.5. The van der Waals surface area contributed by atoms with Crippen molar-refractivity contribution in [2.75, 3.05) is 20.1 Å². The van der Waals surface area contributed by atoms with E-state index in [0.29, 0.717) is 19.6 Å². The topological polar surface area (TPSA) is 50.4 Å². The van der Waals surface area contributed by atoms with E-state index in [9.17, 15) is 4.79 Å². The molecule has 1 amide bonds. The van der Waals surface area contributed by atoms with Crippen molar-refractivity contribution in [1.82, 2.24) is 10.6 Å². The third kappa shape index (κ3) is 8.05.